The highest BCUT2D eigenvalue weighted by atomic mass is 19.4. The monoisotopic (exact) mass is 345 g/mol. The average Bonchev–Trinajstić information content (AvgIpc) is 2.90. The van der Waals surface area contributed by atoms with E-state index in [0.29, 0.717) is 0 Å². The molecule has 6 heteroatoms. The van der Waals surface area contributed by atoms with E-state index in [1.807, 2.05) is 0 Å². The van der Waals surface area contributed by atoms with Crippen LogP contribution in [-0.2, 0) is 17.5 Å². The zero-order valence-corrected chi connectivity index (χ0v) is 13.8. The van der Waals surface area contributed by atoms with Crippen molar-refractivity contribution in [3.8, 4) is 0 Å². The lowest BCUT2D eigenvalue weighted by atomic mass is 9.76. The average molecular weight is 345 g/mol. The molecule has 0 bridgehead atoms. The fraction of sp³-hybridized carbons (Fsp3) is 0.667. The summed E-state index contributed by atoms with van der Waals surface area (Å²) in [5.41, 5.74) is -0.985. The predicted molar refractivity (Wildman–Crippen MR) is 83.0 cm³/mol. The Morgan fingerprint density at radius 3 is 2.71 bits per heavy atom. The molecule has 1 aromatic rings. The van der Waals surface area contributed by atoms with Crippen LogP contribution in [0.25, 0.3) is 0 Å². The molecule has 1 aliphatic carbocycles. The highest BCUT2D eigenvalue weighted by Gasteiger charge is 2.45. The number of benzene rings is 1. The molecule has 0 N–H and O–H groups in total. The van der Waals surface area contributed by atoms with Crippen LogP contribution in [0, 0.1) is 11.2 Å². The number of halogens is 4. The number of methoxy groups -OCH3 is 1. The van der Waals surface area contributed by atoms with E-state index in [9.17, 15) is 17.6 Å². The summed E-state index contributed by atoms with van der Waals surface area (Å²) in [7, 11) is 1.73. The molecular weight excluding hydrogens is 322 g/mol. The summed E-state index contributed by atoms with van der Waals surface area (Å²) in [4.78, 5) is 2.08. The van der Waals surface area contributed by atoms with Gasteiger partial charge in [0, 0.05) is 31.2 Å². The molecule has 0 aromatic heterocycles. The number of piperidine rings is 1. The summed E-state index contributed by atoms with van der Waals surface area (Å²) in [6.45, 7) is 1.77. The van der Waals surface area contributed by atoms with Gasteiger partial charge in [-0.3, -0.25) is 4.90 Å². The molecular formula is C18H23F4NO. The summed E-state index contributed by atoms with van der Waals surface area (Å²) in [5, 5.41) is 0. The van der Waals surface area contributed by atoms with Crippen molar-refractivity contribution in [2.75, 3.05) is 20.2 Å². The Balaban J connectivity index is 1.77. The van der Waals surface area contributed by atoms with Gasteiger partial charge in [-0.2, -0.15) is 13.2 Å². The summed E-state index contributed by atoms with van der Waals surface area (Å²) in [6.07, 6.45) is 0.815. The first-order valence-corrected chi connectivity index (χ1v) is 8.45. The maximum absolute atomic E-state index is 14.3. The van der Waals surface area contributed by atoms with Gasteiger partial charge in [0.2, 0.25) is 0 Å². The van der Waals surface area contributed by atoms with Crippen molar-refractivity contribution in [1.29, 1.82) is 0 Å². The number of rotatable bonds is 3. The molecule has 1 aromatic carbocycles. The molecule has 1 aliphatic heterocycles. The number of hydrogen-bond donors (Lipinski definition) is 0. The third-order valence-corrected chi connectivity index (χ3v) is 5.57. The molecule has 0 amide bonds. The van der Waals surface area contributed by atoms with Crippen molar-refractivity contribution >= 4 is 0 Å². The van der Waals surface area contributed by atoms with Crippen molar-refractivity contribution in [1.82, 2.24) is 4.90 Å². The van der Waals surface area contributed by atoms with Gasteiger partial charge in [-0.15, -0.1) is 0 Å². The molecule has 0 unspecified atom stereocenters. The summed E-state index contributed by atoms with van der Waals surface area (Å²) in [6, 6.07) is 3.54. The van der Waals surface area contributed by atoms with Gasteiger partial charge in [0.15, 0.2) is 0 Å². The zero-order valence-electron chi connectivity index (χ0n) is 13.8. The molecule has 1 heterocycles. The van der Waals surface area contributed by atoms with Crippen LogP contribution in [0.5, 0.6) is 0 Å². The molecule has 2 fully saturated rings. The molecule has 3 rings (SSSR count). The smallest absolute Gasteiger partial charge is 0.381 e. The number of ether oxygens (including phenoxy) is 1. The largest absolute Gasteiger partial charge is 0.419 e. The van der Waals surface area contributed by atoms with Crippen LogP contribution in [0.1, 0.15) is 43.2 Å². The Morgan fingerprint density at radius 2 is 2.00 bits per heavy atom. The molecule has 0 radical (unpaired) electrons. The summed E-state index contributed by atoms with van der Waals surface area (Å²) in [5.74, 6) is -1.14. The third kappa shape index (κ3) is 3.31. The molecule has 2 nitrogen and oxygen atoms in total. The second kappa shape index (κ2) is 6.64. The zero-order chi connectivity index (χ0) is 17.4. The van der Waals surface area contributed by atoms with Gasteiger partial charge in [0.1, 0.15) is 5.82 Å². The molecule has 2 atom stereocenters. The van der Waals surface area contributed by atoms with Crippen LogP contribution >= 0.6 is 0 Å². The van der Waals surface area contributed by atoms with Crippen LogP contribution in [0.2, 0.25) is 0 Å². The van der Waals surface area contributed by atoms with Gasteiger partial charge in [0.25, 0.3) is 0 Å². The van der Waals surface area contributed by atoms with Crippen molar-refractivity contribution < 1.29 is 22.3 Å². The van der Waals surface area contributed by atoms with Crippen molar-refractivity contribution in [2.45, 2.75) is 50.9 Å². The second-order valence-electron chi connectivity index (χ2n) is 7.07. The molecule has 1 spiro atoms. The first-order chi connectivity index (χ1) is 11.4. The summed E-state index contributed by atoms with van der Waals surface area (Å²) >= 11 is 0. The van der Waals surface area contributed by atoms with E-state index >= 15 is 0 Å². The quantitative estimate of drug-likeness (QED) is 0.741. The first-order valence-electron chi connectivity index (χ1n) is 8.45. The lowest BCUT2D eigenvalue weighted by molar-refractivity contribution is -0.140. The lowest BCUT2D eigenvalue weighted by Gasteiger charge is -2.43. The minimum atomic E-state index is -4.66. The third-order valence-electron chi connectivity index (χ3n) is 5.57. The fourth-order valence-corrected chi connectivity index (χ4v) is 4.50. The van der Waals surface area contributed by atoms with E-state index in [0.717, 1.165) is 51.3 Å². The standard InChI is InChI=1S/C18H23F4NO/c1-24-15-7-3-8-17(15)9-4-10-23(12-17)11-13-5-2-6-14(16(13)19)18(20,21)22/h2,5-6,15H,3-4,7-12H2,1H3/t15-,17-/m1/s1. The number of hydrogen-bond acceptors (Lipinski definition) is 2. The van der Waals surface area contributed by atoms with Gasteiger partial charge in [-0.25, -0.2) is 4.39 Å². The van der Waals surface area contributed by atoms with Crippen molar-refractivity contribution in [3.63, 3.8) is 0 Å². The number of nitrogens with zero attached hydrogens (tertiary/aromatic N) is 1. The molecule has 1 saturated carbocycles. The number of alkyl halides is 3. The van der Waals surface area contributed by atoms with Crippen LogP contribution in [0.15, 0.2) is 18.2 Å². The van der Waals surface area contributed by atoms with Gasteiger partial charge in [-0.1, -0.05) is 18.6 Å². The van der Waals surface area contributed by atoms with Gasteiger partial charge >= 0.3 is 6.18 Å². The van der Waals surface area contributed by atoms with Crippen LogP contribution in [0.4, 0.5) is 17.6 Å². The predicted octanol–water partition coefficient (Wildman–Crippen LogP) is 4.63. The van der Waals surface area contributed by atoms with E-state index < -0.39 is 17.6 Å². The topological polar surface area (TPSA) is 12.5 Å². The fourth-order valence-electron chi connectivity index (χ4n) is 4.50. The van der Waals surface area contributed by atoms with Crippen molar-refractivity contribution in [2.24, 2.45) is 5.41 Å². The molecule has 134 valence electrons. The van der Waals surface area contributed by atoms with E-state index in [-0.39, 0.29) is 23.6 Å². The van der Waals surface area contributed by atoms with Crippen LogP contribution < -0.4 is 0 Å². The molecule has 2 aliphatic rings. The van der Waals surface area contributed by atoms with Gasteiger partial charge < -0.3 is 4.74 Å². The highest BCUT2D eigenvalue weighted by molar-refractivity contribution is 5.28. The summed E-state index contributed by atoms with van der Waals surface area (Å²) < 4.78 is 58.5. The van der Waals surface area contributed by atoms with E-state index in [4.69, 9.17) is 4.74 Å². The number of likely N-dealkylation sites (tertiary alicyclic amines) is 1. The Hall–Kier alpha value is -1.14. The Morgan fingerprint density at radius 1 is 1.25 bits per heavy atom. The van der Waals surface area contributed by atoms with E-state index in [1.165, 1.54) is 12.1 Å². The molecule has 24 heavy (non-hydrogen) atoms. The normalized spacial score (nSPS) is 28.6. The Bertz CT molecular complexity index is 589. The SMILES string of the molecule is CO[C@@H]1CCC[C@]12CCCN(Cc1cccc(C(F)(F)F)c1F)C2. The van der Waals surface area contributed by atoms with E-state index in [1.54, 1.807) is 7.11 Å². The minimum Gasteiger partial charge on any atom is -0.381 e. The Labute approximate surface area is 139 Å². The maximum Gasteiger partial charge on any atom is 0.419 e. The first kappa shape index (κ1) is 17.7. The van der Waals surface area contributed by atoms with Gasteiger partial charge in [0.05, 0.1) is 11.7 Å². The van der Waals surface area contributed by atoms with Gasteiger partial charge in [-0.05, 0) is 38.3 Å². The van der Waals surface area contributed by atoms with Crippen LogP contribution in [0.3, 0.4) is 0 Å². The highest BCUT2D eigenvalue weighted by Crippen LogP contribution is 2.46. The van der Waals surface area contributed by atoms with Crippen molar-refractivity contribution in [3.05, 3.63) is 35.1 Å². The lowest BCUT2D eigenvalue weighted by Crippen LogP contribution is -2.47. The maximum atomic E-state index is 14.3. The van der Waals surface area contributed by atoms with Crippen LogP contribution in [-0.4, -0.2) is 31.2 Å². The Kier molecular flexibility index (Phi) is 4.89. The minimum absolute atomic E-state index is 0.0745. The van der Waals surface area contributed by atoms with E-state index in [2.05, 4.69) is 4.90 Å². The molecule has 1 saturated heterocycles. The second-order valence-corrected chi connectivity index (χ2v) is 7.07.